The zero-order valence-electron chi connectivity index (χ0n) is 16.7. The quantitative estimate of drug-likeness (QED) is 0.651. The normalized spacial score (nSPS) is 17.3. The molecule has 156 valence electrons. The summed E-state index contributed by atoms with van der Waals surface area (Å²) in [7, 11) is 0. The van der Waals surface area contributed by atoms with Crippen LogP contribution in [-0.4, -0.2) is 38.9 Å². The number of ether oxygens (including phenoxy) is 1. The molecular weight excluding hydrogens is 391 g/mol. The van der Waals surface area contributed by atoms with Crippen molar-refractivity contribution in [3.05, 3.63) is 48.2 Å². The van der Waals surface area contributed by atoms with Crippen molar-refractivity contribution in [1.29, 1.82) is 0 Å². The van der Waals surface area contributed by atoms with Crippen molar-refractivity contribution >= 4 is 17.9 Å². The highest BCUT2D eigenvalue weighted by atomic mass is 19.1. The van der Waals surface area contributed by atoms with Crippen LogP contribution in [0.1, 0.15) is 32.7 Å². The summed E-state index contributed by atoms with van der Waals surface area (Å²) < 4.78 is 24.0. The summed E-state index contributed by atoms with van der Waals surface area (Å²) in [5, 5.41) is 11.2. The molecule has 2 aromatic heterocycles. The van der Waals surface area contributed by atoms with Gasteiger partial charge in [0.1, 0.15) is 24.3 Å². The number of amides is 1. The van der Waals surface area contributed by atoms with Crippen molar-refractivity contribution in [1.82, 2.24) is 20.2 Å². The van der Waals surface area contributed by atoms with Crippen LogP contribution in [0.3, 0.4) is 0 Å². The number of nitrogens with one attached hydrogen (secondary N) is 1. The molecule has 1 aliphatic rings. The van der Waals surface area contributed by atoms with E-state index in [1.54, 1.807) is 29.3 Å². The zero-order chi connectivity index (χ0) is 21.3. The van der Waals surface area contributed by atoms with E-state index in [4.69, 9.17) is 9.15 Å². The second-order valence-corrected chi connectivity index (χ2v) is 7.32. The van der Waals surface area contributed by atoms with Gasteiger partial charge in [0, 0.05) is 11.8 Å². The second kappa shape index (κ2) is 8.05. The lowest BCUT2D eigenvalue weighted by Gasteiger charge is -2.23. The SMILES string of the molecule is CC(C)[C@H]1COC(=O)N1c1ccnc(N[C@H](C)c2nnc(-c3ccc(F)cc3)o2)n1. The van der Waals surface area contributed by atoms with Crippen molar-refractivity contribution in [3.8, 4) is 11.5 Å². The van der Waals surface area contributed by atoms with Gasteiger partial charge in [0.25, 0.3) is 0 Å². The average Bonchev–Trinajstić information content (AvgIpc) is 3.36. The molecule has 0 saturated carbocycles. The van der Waals surface area contributed by atoms with E-state index in [2.05, 4.69) is 25.5 Å². The molecule has 4 rings (SSSR count). The van der Waals surface area contributed by atoms with E-state index in [0.29, 0.717) is 29.8 Å². The fourth-order valence-electron chi connectivity index (χ4n) is 3.12. The average molecular weight is 412 g/mol. The molecule has 0 bridgehead atoms. The van der Waals surface area contributed by atoms with Gasteiger partial charge in [-0.1, -0.05) is 13.8 Å². The van der Waals surface area contributed by atoms with Crippen LogP contribution in [0.5, 0.6) is 0 Å². The van der Waals surface area contributed by atoms with Crippen molar-refractivity contribution in [2.24, 2.45) is 5.92 Å². The molecule has 1 saturated heterocycles. The van der Waals surface area contributed by atoms with Gasteiger partial charge >= 0.3 is 6.09 Å². The maximum atomic E-state index is 13.1. The van der Waals surface area contributed by atoms with Crippen LogP contribution in [0.4, 0.5) is 21.0 Å². The predicted molar refractivity (Wildman–Crippen MR) is 106 cm³/mol. The Morgan fingerprint density at radius 2 is 1.93 bits per heavy atom. The first-order valence-electron chi connectivity index (χ1n) is 9.57. The van der Waals surface area contributed by atoms with Gasteiger partial charge < -0.3 is 14.5 Å². The van der Waals surface area contributed by atoms with Crippen molar-refractivity contribution in [3.63, 3.8) is 0 Å². The number of carbonyl (C=O) groups excluding carboxylic acids is 1. The number of cyclic esters (lactones) is 1. The third-order valence-electron chi connectivity index (χ3n) is 4.81. The summed E-state index contributed by atoms with van der Waals surface area (Å²) >= 11 is 0. The number of benzene rings is 1. The summed E-state index contributed by atoms with van der Waals surface area (Å²) in [6.07, 6.45) is 1.14. The Bertz CT molecular complexity index is 1040. The molecule has 0 spiro atoms. The number of anilines is 2. The maximum Gasteiger partial charge on any atom is 0.415 e. The molecule has 0 unspecified atom stereocenters. The van der Waals surface area contributed by atoms with Crippen LogP contribution in [0, 0.1) is 11.7 Å². The smallest absolute Gasteiger partial charge is 0.415 e. The van der Waals surface area contributed by atoms with E-state index in [9.17, 15) is 9.18 Å². The Hall–Kier alpha value is -3.56. The molecule has 1 aromatic carbocycles. The molecular formula is C20H21FN6O3. The summed E-state index contributed by atoms with van der Waals surface area (Å²) in [6.45, 7) is 6.19. The highest BCUT2D eigenvalue weighted by Gasteiger charge is 2.37. The third-order valence-corrected chi connectivity index (χ3v) is 4.81. The monoisotopic (exact) mass is 412 g/mol. The Kier molecular flexibility index (Phi) is 5.30. The Morgan fingerprint density at radius 1 is 1.17 bits per heavy atom. The first-order chi connectivity index (χ1) is 14.4. The molecule has 10 heteroatoms. The Balaban J connectivity index is 1.50. The summed E-state index contributed by atoms with van der Waals surface area (Å²) in [5.41, 5.74) is 0.618. The first-order valence-corrected chi connectivity index (χ1v) is 9.57. The number of rotatable bonds is 6. The van der Waals surface area contributed by atoms with Gasteiger partial charge in [0.05, 0.1) is 6.04 Å². The Morgan fingerprint density at radius 3 is 2.67 bits per heavy atom. The van der Waals surface area contributed by atoms with Gasteiger partial charge in [0.2, 0.25) is 17.7 Å². The van der Waals surface area contributed by atoms with Crippen LogP contribution in [-0.2, 0) is 4.74 Å². The number of aromatic nitrogens is 4. The molecule has 1 amide bonds. The highest BCUT2D eigenvalue weighted by Crippen LogP contribution is 2.27. The van der Waals surface area contributed by atoms with E-state index in [1.165, 1.54) is 12.1 Å². The lowest BCUT2D eigenvalue weighted by atomic mass is 10.0. The molecule has 0 radical (unpaired) electrons. The minimum absolute atomic E-state index is 0.0909. The maximum absolute atomic E-state index is 13.1. The number of nitrogens with zero attached hydrogens (tertiary/aromatic N) is 5. The van der Waals surface area contributed by atoms with E-state index >= 15 is 0 Å². The van der Waals surface area contributed by atoms with E-state index in [0.717, 1.165) is 0 Å². The minimum atomic E-state index is -0.424. The zero-order valence-corrected chi connectivity index (χ0v) is 16.7. The number of hydrogen-bond donors (Lipinski definition) is 1. The van der Waals surface area contributed by atoms with Gasteiger partial charge in [-0.2, -0.15) is 4.98 Å². The van der Waals surface area contributed by atoms with Gasteiger partial charge in [-0.25, -0.2) is 14.2 Å². The van der Waals surface area contributed by atoms with E-state index < -0.39 is 12.1 Å². The van der Waals surface area contributed by atoms with Crippen molar-refractivity contribution < 1.29 is 18.3 Å². The standard InChI is InChI=1S/C20H21FN6O3/c1-11(2)15-10-29-20(28)27(15)16-8-9-22-19(24-16)23-12(3)17-25-26-18(30-17)13-4-6-14(21)7-5-13/h4-9,11-12,15H,10H2,1-3H3,(H,22,23,24)/t12-,15-/m1/s1. The largest absolute Gasteiger partial charge is 0.447 e. The highest BCUT2D eigenvalue weighted by molar-refractivity contribution is 5.89. The molecule has 3 heterocycles. The molecule has 30 heavy (non-hydrogen) atoms. The fraction of sp³-hybridized carbons (Fsp3) is 0.350. The molecule has 9 nitrogen and oxygen atoms in total. The molecule has 2 atom stereocenters. The topological polar surface area (TPSA) is 106 Å². The number of hydrogen-bond acceptors (Lipinski definition) is 8. The minimum Gasteiger partial charge on any atom is -0.447 e. The van der Waals surface area contributed by atoms with Gasteiger partial charge in [-0.15, -0.1) is 10.2 Å². The summed E-state index contributed by atoms with van der Waals surface area (Å²) in [6, 6.07) is 6.97. The summed E-state index contributed by atoms with van der Waals surface area (Å²) in [4.78, 5) is 22.4. The van der Waals surface area contributed by atoms with E-state index in [1.807, 2.05) is 20.8 Å². The van der Waals surface area contributed by atoms with Crippen molar-refractivity contribution in [2.45, 2.75) is 32.9 Å². The van der Waals surface area contributed by atoms with Gasteiger partial charge in [0.15, 0.2) is 0 Å². The van der Waals surface area contributed by atoms with Crippen LogP contribution >= 0.6 is 0 Å². The van der Waals surface area contributed by atoms with Gasteiger partial charge in [-0.05, 0) is 43.2 Å². The van der Waals surface area contributed by atoms with Crippen LogP contribution < -0.4 is 10.2 Å². The molecule has 3 aromatic rings. The lowest BCUT2D eigenvalue weighted by Crippen LogP contribution is -2.37. The molecule has 1 aliphatic heterocycles. The Labute approximate surface area is 172 Å². The predicted octanol–water partition coefficient (Wildman–Crippen LogP) is 3.82. The number of halogens is 1. The molecule has 1 N–H and O–H groups in total. The van der Waals surface area contributed by atoms with Crippen LogP contribution in [0.15, 0.2) is 40.9 Å². The van der Waals surface area contributed by atoms with Crippen LogP contribution in [0.2, 0.25) is 0 Å². The lowest BCUT2D eigenvalue weighted by molar-refractivity contribution is 0.177. The fourth-order valence-corrected chi connectivity index (χ4v) is 3.12. The molecule has 0 aliphatic carbocycles. The van der Waals surface area contributed by atoms with Gasteiger partial charge in [-0.3, -0.25) is 4.90 Å². The third kappa shape index (κ3) is 3.93. The molecule has 1 fully saturated rings. The van der Waals surface area contributed by atoms with E-state index in [-0.39, 0.29) is 23.7 Å². The first kappa shape index (κ1) is 19.7. The van der Waals surface area contributed by atoms with Crippen molar-refractivity contribution in [2.75, 3.05) is 16.8 Å². The number of carbonyl (C=O) groups is 1. The second-order valence-electron chi connectivity index (χ2n) is 7.32. The summed E-state index contributed by atoms with van der Waals surface area (Å²) in [5.74, 6) is 1.25. The van der Waals surface area contributed by atoms with Crippen LogP contribution in [0.25, 0.3) is 11.5 Å².